The van der Waals surface area contributed by atoms with Crippen LogP contribution < -0.4 is 5.32 Å². The Hall–Kier alpha value is -1.92. The summed E-state index contributed by atoms with van der Waals surface area (Å²) in [6.45, 7) is 6.50. The van der Waals surface area contributed by atoms with E-state index in [9.17, 15) is 19.8 Å². The molecular weight excluding hydrogens is 863 g/mol. The SMILES string of the molecule is CCCCC/C=C\C/C=C\CCCCCCCCCC(CC(=O)NC(CO)C(O)CCCCCCCCCCCCCCCCCCC)OC(=O)CCCCCCCCC/C=C/CCCCCCCC. The summed E-state index contributed by atoms with van der Waals surface area (Å²) in [6, 6.07) is -0.705. The highest BCUT2D eigenvalue weighted by Crippen LogP contribution is 2.19. The van der Waals surface area contributed by atoms with Gasteiger partial charge in [0.25, 0.3) is 0 Å². The van der Waals surface area contributed by atoms with Crippen LogP contribution in [0.4, 0.5) is 0 Å². The molecule has 0 aliphatic heterocycles. The summed E-state index contributed by atoms with van der Waals surface area (Å²) in [5.41, 5.74) is 0. The summed E-state index contributed by atoms with van der Waals surface area (Å²) in [4.78, 5) is 26.4. The van der Waals surface area contributed by atoms with Crippen LogP contribution in [-0.4, -0.2) is 46.9 Å². The Labute approximate surface area is 436 Å². The summed E-state index contributed by atoms with van der Waals surface area (Å²) >= 11 is 0. The topological polar surface area (TPSA) is 95.9 Å². The van der Waals surface area contributed by atoms with Crippen molar-refractivity contribution < 1.29 is 24.5 Å². The van der Waals surface area contributed by atoms with Gasteiger partial charge < -0.3 is 20.3 Å². The predicted octanol–water partition coefficient (Wildman–Crippen LogP) is 19.6. The van der Waals surface area contributed by atoms with Gasteiger partial charge in [0.1, 0.15) is 6.10 Å². The highest BCUT2D eigenvalue weighted by Gasteiger charge is 2.24. The van der Waals surface area contributed by atoms with E-state index in [1.807, 2.05) is 0 Å². The largest absolute Gasteiger partial charge is 0.462 e. The smallest absolute Gasteiger partial charge is 0.306 e. The van der Waals surface area contributed by atoms with Gasteiger partial charge in [-0.05, 0) is 83.5 Å². The molecule has 0 aromatic heterocycles. The van der Waals surface area contributed by atoms with E-state index in [0.717, 1.165) is 64.2 Å². The maximum Gasteiger partial charge on any atom is 0.306 e. The van der Waals surface area contributed by atoms with Crippen LogP contribution in [0, 0.1) is 0 Å². The zero-order valence-corrected chi connectivity index (χ0v) is 47.2. The van der Waals surface area contributed by atoms with E-state index in [1.54, 1.807) is 0 Å². The second-order valence-electron chi connectivity index (χ2n) is 21.5. The number of rotatable bonds is 57. The predicted molar refractivity (Wildman–Crippen MR) is 306 cm³/mol. The van der Waals surface area contributed by atoms with Crippen LogP contribution in [0.25, 0.3) is 0 Å². The minimum Gasteiger partial charge on any atom is -0.462 e. The fourth-order valence-electron chi connectivity index (χ4n) is 9.69. The number of allylic oxidation sites excluding steroid dienone is 6. The lowest BCUT2D eigenvalue weighted by atomic mass is 10.0. The minimum absolute atomic E-state index is 0.0739. The normalized spacial score (nSPS) is 13.3. The summed E-state index contributed by atoms with van der Waals surface area (Å²) < 4.78 is 5.98. The molecule has 0 saturated carbocycles. The number of hydrogen-bond acceptors (Lipinski definition) is 5. The molecule has 70 heavy (non-hydrogen) atoms. The first-order valence-electron chi connectivity index (χ1n) is 31.2. The number of carbonyl (C=O) groups excluding carboxylic acids is 2. The van der Waals surface area contributed by atoms with Crippen LogP contribution in [0.2, 0.25) is 0 Å². The lowest BCUT2D eigenvalue weighted by molar-refractivity contribution is -0.151. The van der Waals surface area contributed by atoms with Crippen LogP contribution in [0.5, 0.6) is 0 Å². The van der Waals surface area contributed by atoms with Crippen molar-refractivity contribution in [3.63, 3.8) is 0 Å². The van der Waals surface area contributed by atoms with E-state index in [-0.39, 0.29) is 24.9 Å². The molecule has 0 heterocycles. The van der Waals surface area contributed by atoms with Gasteiger partial charge in [-0.2, -0.15) is 0 Å². The zero-order chi connectivity index (χ0) is 50.9. The van der Waals surface area contributed by atoms with Crippen molar-refractivity contribution in [2.75, 3.05) is 6.61 Å². The first-order chi connectivity index (χ1) is 34.5. The number of unbranched alkanes of at least 4 members (excludes halogenated alkanes) is 39. The Bertz CT molecular complexity index is 1150. The molecule has 0 bridgehead atoms. The summed E-state index contributed by atoms with van der Waals surface area (Å²) in [5, 5.41) is 24.0. The third-order valence-corrected chi connectivity index (χ3v) is 14.4. The molecule has 412 valence electrons. The van der Waals surface area contributed by atoms with Crippen molar-refractivity contribution in [1.82, 2.24) is 5.32 Å². The molecule has 0 saturated heterocycles. The van der Waals surface area contributed by atoms with E-state index in [0.29, 0.717) is 19.3 Å². The van der Waals surface area contributed by atoms with Crippen molar-refractivity contribution in [1.29, 1.82) is 0 Å². The third kappa shape index (κ3) is 52.4. The van der Waals surface area contributed by atoms with Crippen molar-refractivity contribution in [2.24, 2.45) is 0 Å². The number of carbonyl (C=O) groups is 2. The first kappa shape index (κ1) is 68.1. The molecule has 0 aromatic rings. The molecule has 0 aliphatic rings. The first-order valence-corrected chi connectivity index (χ1v) is 31.2. The van der Waals surface area contributed by atoms with Gasteiger partial charge in [0.15, 0.2) is 0 Å². The number of amides is 1. The second-order valence-corrected chi connectivity index (χ2v) is 21.5. The molecule has 3 atom stereocenters. The third-order valence-electron chi connectivity index (χ3n) is 14.4. The lowest BCUT2D eigenvalue weighted by Gasteiger charge is -2.24. The van der Waals surface area contributed by atoms with Gasteiger partial charge in [0.05, 0.1) is 25.2 Å². The molecule has 3 unspecified atom stereocenters. The van der Waals surface area contributed by atoms with Crippen LogP contribution in [0.1, 0.15) is 335 Å². The molecule has 6 heteroatoms. The fourth-order valence-corrected chi connectivity index (χ4v) is 9.69. The lowest BCUT2D eigenvalue weighted by Crippen LogP contribution is -2.46. The van der Waals surface area contributed by atoms with Crippen LogP contribution in [-0.2, 0) is 14.3 Å². The Kier molecular flexibility index (Phi) is 56.4. The van der Waals surface area contributed by atoms with E-state index in [2.05, 4.69) is 62.5 Å². The zero-order valence-electron chi connectivity index (χ0n) is 47.2. The van der Waals surface area contributed by atoms with Gasteiger partial charge in [-0.15, -0.1) is 0 Å². The summed E-state index contributed by atoms with van der Waals surface area (Å²) in [6.07, 6.45) is 70.7. The summed E-state index contributed by atoms with van der Waals surface area (Å²) in [5.74, 6) is -0.469. The Morgan fingerprint density at radius 3 is 1.13 bits per heavy atom. The Balaban J connectivity index is 4.53. The standard InChI is InChI=1S/C64H121NO5/c1-4-7-10-13-16-19-22-25-28-31-34-37-40-43-46-49-52-55-60(70-64(69)57-54-51-48-45-42-39-36-33-30-27-24-21-18-15-12-9-6-3)58-63(68)65-61(59-66)62(67)56-53-50-47-44-41-38-35-32-29-26-23-20-17-14-11-8-5-2/h16,19,25,27-28,30,60-62,66-67H,4-15,17-18,20-24,26,29,31-59H2,1-3H3,(H,65,68)/b19-16-,28-25-,30-27+. The number of aliphatic hydroxyl groups is 2. The van der Waals surface area contributed by atoms with Gasteiger partial charge in [0, 0.05) is 6.42 Å². The molecule has 0 spiro atoms. The monoisotopic (exact) mass is 984 g/mol. The van der Waals surface area contributed by atoms with Gasteiger partial charge in [-0.1, -0.05) is 276 Å². The van der Waals surface area contributed by atoms with Crippen molar-refractivity contribution in [3.8, 4) is 0 Å². The highest BCUT2D eigenvalue weighted by atomic mass is 16.5. The maximum absolute atomic E-state index is 13.3. The Morgan fingerprint density at radius 2 is 0.729 bits per heavy atom. The highest BCUT2D eigenvalue weighted by molar-refractivity contribution is 5.77. The molecule has 3 N–H and O–H groups in total. The van der Waals surface area contributed by atoms with Gasteiger partial charge in [-0.3, -0.25) is 9.59 Å². The van der Waals surface area contributed by atoms with Crippen LogP contribution in [0.3, 0.4) is 0 Å². The van der Waals surface area contributed by atoms with Crippen molar-refractivity contribution >= 4 is 11.9 Å². The Morgan fingerprint density at radius 1 is 0.414 bits per heavy atom. The molecule has 0 rings (SSSR count). The van der Waals surface area contributed by atoms with Gasteiger partial charge >= 0.3 is 5.97 Å². The molecule has 0 aliphatic carbocycles. The number of nitrogens with one attached hydrogen (secondary N) is 1. The minimum atomic E-state index is -0.791. The second kappa shape index (κ2) is 58.0. The molecule has 6 nitrogen and oxygen atoms in total. The van der Waals surface area contributed by atoms with Gasteiger partial charge in [0.2, 0.25) is 5.91 Å². The van der Waals surface area contributed by atoms with Crippen molar-refractivity contribution in [2.45, 2.75) is 354 Å². The average molecular weight is 985 g/mol. The maximum atomic E-state index is 13.3. The summed E-state index contributed by atoms with van der Waals surface area (Å²) in [7, 11) is 0. The number of aliphatic hydroxyl groups excluding tert-OH is 2. The molecule has 0 radical (unpaired) electrons. The average Bonchev–Trinajstić information content (AvgIpc) is 3.35. The number of hydrogen-bond donors (Lipinski definition) is 3. The number of ether oxygens (including phenoxy) is 1. The van der Waals surface area contributed by atoms with E-state index >= 15 is 0 Å². The van der Waals surface area contributed by atoms with Gasteiger partial charge in [-0.25, -0.2) is 0 Å². The van der Waals surface area contributed by atoms with E-state index in [4.69, 9.17) is 4.74 Å². The van der Waals surface area contributed by atoms with Crippen LogP contribution >= 0.6 is 0 Å². The molecule has 0 fully saturated rings. The van der Waals surface area contributed by atoms with E-state index in [1.165, 1.54) is 225 Å². The number of esters is 1. The van der Waals surface area contributed by atoms with Crippen LogP contribution in [0.15, 0.2) is 36.5 Å². The van der Waals surface area contributed by atoms with E-state index < -0.39 is 18.2 Å². The molecular formula is C64H121NO5. The fraction of sp³-hybridized carbons (Fsp3) is 0.875. The molecule has 0 aromatic carbocycles. The van der Waals surface area contributed by atoms with Crippen molar-refractivity contribution in [3.05, 3.63) is 36.5 Å². The quantitative estimate of drug-likeness (QED) is 0.0321. The molecule has 1 amide bonds.